The van der Waals surface area contributed by atoms with Crippen LogP contribution in [0.5, 0.6) is 0 Å². The lowest BCUT2D eigenvalue weighted by molar-refractivity contribution is 1.02. The molecule has 0 fully saturated rings. The number of benzene rings is 16. The van der Waals surface area contributed by atoms with Gasteiger partial charge in [0.05, 0.1) is 102 Å². The number of aromatic nitrogens is 12. The number of fused-ring (bicyclic) bond motifs is 19. The normalized spacial score (nSPS) is 11.7. The summed E-state index contributed by atoms with van der Waals surface area (Å²) in [6.45, 7) is 0. The van der Waals surface area contributed by atoms with E-state index in [2.05, 4.69) is 441 Å². The van der Waals surface area contributed by atoms with E-state index in [1.807, 2.05) is 78.6 Å². The molecule has 0 amide bonds. The van der Waals surface area contributed by atoms with Crippen molar-refractivity contribution in [3.63, 3.8) is 0 Å². The first kappa shape index (κ1) is 74.4. The maximum Gasteiger partial charge on any atom is 0.155 e. The molecule has 28 aromatic rings. The number of nitrogens with zero attached hydrogens (tertiary/aromatic N) is 12. The molecule has 606 valence electrons. The van der Waals surface area contributed by atoms with E-state index in [1.165, 1.54) is 157 Å². The minimum Gasteiger partial charge on any atom is -0.314 e. The van der Waals surface area contributed by atoms with Crippen molar-refractivity contribution in [2.45, 2.75) is 0 Å². The van der Waals surface area contributed by atoms with Crippen LogP contribution in [0.2, 0.25) is 0 Å². The molecule has 0 N–H and O–H groups in total. The lowest BCUT2D eigenvalue weighted by atomic mass is 10.1. The molecule has 12 nitrogen and oxygen atoms in total. The lowest BCUT2D eigenvalue weighted by Crippen LogP contribution is -1.98. The summed E-state index contributed by atoms with van der Waals surface area (Å²) in [5.41, 5.74) is 23.1. The van der Waals surface area contributed by atoms with Crippen molar-refractivity contribution in [2.75, 3.05) is 0 Å². The number of hydrogen-bond acceptors (Lipinski definition) is 5. The van der Waals surface area contributed by atoms with E-state index in [9.17, 15) is 0 Å². The molecule has 0 saturated carbocycles. The first-order valence-corrected chi connectivity index (χ1v) is 44.3. The number of pyridine rings is 2. The Balaban J connectivity index is 0.0000000931. The summed E-state index contributed by atoms with van der Waals surface area (Å²) >= 11 is 1.84. The Hall–Kier alpha value is -17.3. The van der Waals surface area contributed by atoms with Crippen LogP contribution in [-0.4, -0.2) is 56.5 Å². The maximum absolute atomic E-state index is 4.93. The molecule has 13 heteroatoms. The van der Waals surface area contributed by atoms with Gasteiger partial charge in [0.15, 0.2) is 5.82 Å². The molecule has 0 bridgehead atoms. The average Bonchev–Trinajstić information content (AvgIpc) is 1.58. The second kappa shape index (κ2) is 30.9. The van der Waals surface area contributed by atoms with Gasteiger partial charge < -0.3 is 32.0 Å². The van der Waals surface area contributed by atoms with Crippen LogP contribution in [0.25, 0.3) is 219 Å². The van der Waals surface area contributed by atoms with Crippen LogP contribution >= 0.6 is 11.3 Å². The second-order valence-corrected chi connectivity index (χ2v) is 33.8. The highest BCUT2D eigenvalue weighted by Crippen LogP contribution is 2.43. The molecule has 12 heterocycles. The van der Waals surface area contributed by atoms with Gasteiger partial charge in [-0.2, -0.15) is 0 Å². The lowest BCUT2D eigenvalue weighted by Gasteiger charge is -2.10. The minimum atomic E-state index is 0.802. The minimum absolute atomic E-state index is 0.802. The summed E-state index contributed by atoms with van der Waals surface area (Å²) in [5.74, 6) is 1.73. The van der Waals surface area contributed by atoms with Crippen molar-refractivity contribution in [1.82, 2.24) is 56.5 Å². The summed E-state index contributed by atoms with van der Waals surface area (Å²) < 4.78 is 19.6. The van der Waals surface area contributed by atoms with Crippen LogP contribution in [0, 0.1) is 0 Å². The number of rotatable bonds is 9. The molecule has 0 saturated heterocycles. The summed E-state index contributed by atoms with van der Waals surface area (Å²) in [6.07, 6.45) is 16.1. The van der Waals surface area contributed by atoms with Crippen molar-refractivity contribution >= 4 is 174 Å². The number of thiophene rings is 1. The standard InChI is InChI=1S/C30H20N4.2C29H19N3.C28H18N2S/c1-3-9-21(10-4-1)26-19-32-30(20-31-26)33-16-15-22-17-25-24-13-7-8-14-27(24)34(29(25)18-28(22)33)23-11-5-2-6-12-23;1-2-9-22(10-3-1)32-26-13-7-5-11-23(26)24-18-21-16-17-31(27(21)19-28(24)32)29-15-14-20-8-4-6-12-25(20)30-29;1-2-9-22(10-3-1)32-26-13-7-6-12-24(26)25-16-20-14-15-31(27(20)17-28(25)32)29-19-30-18-21-8-4-5-11-23(21)29;1-2-9-21(10-3-1)30-24-12-6-5-11-22(24)23-16-19-14-15-29(25(19)18-26(23)30)28-17-20-8-4-7-13-27(20)31-28/h1-20H;2*1-19H;1-18H. The largest absolute Gasteiger partial charge is 0.314 e. The van der Waals surface area contributed by atoms with Gasteiger partial charge in [-0.1, -0.05) is 237 Å². The van der Waals surface area contributed by atoms with Gasteiger partial charge in [0.1, 0.15) is 10.8 Å². The van der Waals surface area contributed by atoms with Gasteiger partial charge in [-0.05, 0) is 181 Å². The highest BCUT2D eigenvalue weighted by Gasteiger charge is 2.22. The first-order chi connectivity index (χ1) is 64.0. The third-order valence-corrected chi connectivity index (χ3v) is 26.4. The van der Waals surface area contributed by atoms with Crippen LogP contribution in [0.4, 0.5) is 0 Å². The molecule has 0 spiro atoms. The predicted molar refractivity (Wildman–Crippen MR) is 537 cm³/mol. The Morgan fingerprint density at radius 3 is 1.04 bits per heavy atom. The zero-order chi connectivity index (χ0) is 85.0. The molecule has 0 atom stereocenters. The molecule has 0 radical (unpaired) electrons. The summed E-state index contributed by atoms with van der Waals surface area (Å²) in [4.78, 5) is 18.9. The van der Waals surface area contributed by atoms with Crippen molar-refractivity contribution < 1.29 is 0 Å². The van der Waals surface area contributed by atoms with Crippen molar-refractivity contribution in [1.29, 1.82) is 0 Å². The Kier molecular flexibility index (Phi) is 17.8. The smallest absolute Gasteiger partial charge is 0.155 e. The molecule has 0 aliphatic heterocycles. The van der Waals surface area contributed by atoms with Gasteiger partial charge in [-0.25, -0.2) is 9.97 Å². The van der Waals surface area contributed by atoms with Gasteiger partial charge in [0.2, 0.25) is 0 Å². The zero-order valence-electron chi connectivity index (χ0n) is 69.7. The van der Waals surface area contributed by atoms with E-state index >= 15 is 0 Å². The van der Waals surface area contributed by atoms with E-state index in [0.717, 1.165) is 61.6 Å². The van der Waals surface area contributed by atoms with E-state index in [0.29, 0.717) is 0 Å². The first-order valence-electron chi connectivity index (χ1n) is 43.4. The van der Waals surface area contributed by atoms with Crippen molar-refractivity contribution in [3.05, 3.63) is 462 Å². The number of hydrogen-bond donors (Lipinski definition) is 0. The topological polar surface area (TPSA) is 91.0 Å². The Morgan fingerprint density at radius 2 is 0.581 bits per heavy atom. The Morgan fingerprint density at radius 1 is 0.209 bits per heavy atom. The second-order valence-electron chi connectivity index (χ2n) is 32.7. The predicted octanol–water partition coefficient (Wildman–Crippen LogP) is 29.7. The summed E-state index contributed by atoms with van der Waals surface area (Å²) in [7, 11) is 0. The fraction of sp³-hybridized carbons (Fsp3) is 0. The molecule has 12 aromatic heterocycles. The van der Waals surface area contributed by atoms with Crippen molar-refractivity contribution in [2.24, 2.45) is 0 Å². The Labute approximate surface area is 743 Å². The van der Waals surface area contributed by atoms with Crippen LogP contribution in [-0.2, 0) is 0 Å². The van der Waals surface area contributed by atoms with Gasteiger partial charge >= 0.3 is 0 Å². The fourth-order valence-electron chi connectivity index (χ4n) is 19.4. The highest BCUT2D eigenvalue weighted by atomic mass is 32.1. The Bertz CT molecular complexity index is 9140. The van der Waals surface area contributed by atoms with Gasteiger partial charge in [-0.15, -0.1) is 11.3 Å². The molecular weight excluding hydrogens is 1590 g/mol. The maximum atomic E-state index is 4.93. The van der Waals surface area contributed by atoms with Crippen LogP contribution in [0.15, 0.2) is 462 Å². The van der Waals surface area contributed by atoms with E-state index in [4.69, 9.17) is 9.97 Å². The molecule has 16 aromatic carbocycles. The van der Waals surface area contributed by atoms with Gasteiger partial charge in [0, 0.05) is 145 Å². The summed E-state index contributed by atoms with van der Waals surface area (Å²) in [5, 5.41) is 21.1. The molecule has 0 unspecified atom stereocenters. The quantitative estimate of drug-likeness (QED) is 0.144. The third kappa shape index (κ3) is 12.7. The van der Waals surface area contributed by atoms with Crippen molar-refractivity contribution in [3.8, 4) is 56.3 Å². The zero-order valence-corrected chi connectivity index (χ0v) is 70.5. The number of para-hydroxylation sites is 9. The van der Waals surface area contributed by atoms with E-state index < -0.39 is 0 Å². The van der Waals surface area contributed by atoms with Gasteiger partial charge in [-0.3, -0.25) is 14.5 Å². The monoisotopic (exact) mass is 1670 g/mol. The SMILES string of the molecule is c1ccc(-c2cnc(-n3ccc4cc5c6ccccc6n(-c6ccccc6)c5cc43)cn2)cc1.c1ccc(-n2c3ccccc3c3cc4ccn(-c5cc6ccccc6s5)c4cc32)cc1.c1ccc(-n2c3ccccc3c3cc4ccn(-c5ccc6ccccc6n5)c4cc32)cc1.c1ccc(-n2c3ccccc3c3cc4ccn(-c5cncc6ccccc56)c4cc32)cc1. The van der Waals surface area contributed by atoms with E-state index in [1.54, 1.807) is 0 Å². The molecule has 0 aliphatic rings. The van der Waals surface area contributed by atoms with Crippen LogP contribution in [0.3, 0.4) is 0 Å². The molecule has 0 aliphatic carbocycles. The highest BCUT2D eigenvalue weighted by molar-refractivity contribution is 7.21. The van der Waals surface area contributed by atoms with Gasteiger partial charge in [0.25, 0.3) is 0 Å². The molecular formula is C116H76N12S. The fourth-order valence-corrected chi connectivity index (χ4v) is 20.4. The van der Waals surface area contributed by atoms with Crippen LogP contribution in [0.1, 0.15) is 0 Å². The molecule has 129 heavy (non-hydrogen) atoms. The average molecular weight is 1670 g/mol. The van der Waals surface area contributed by atoms with Crippen LogP contribution < -0.4 is 0 Å². The summed E-state index contributed by atoms with van der Waals surface area (Å²) in [6, 6.07) is 146. The van der Waals surface area contributed by atoms with E-state index in [-0.39, 0.29) is 0 Å². The third-order valence-electron chi connectivity index (χ3n) is 25.3. The molecule has 28 rings (SSSR count).